The Balaban J connectivity index is 1.91. The van der Waals surface area contributed by atoms with E-state index in [1.54, 1.807) is 0 Å². The molecule has 0 heterocycles. The van der Waals surface area contributed by atoms with E-state index in [2.05, 4.69) is 97.1 Å². The molecule has 0 spiro atoms. The molecule has 5 heteroatoms. The first-order valence-corrected chi connectivity index (χ1v) is 16.8. The summed E-state index contributed by atoms with van der Waals surface area (Å²) < 4.78 is 0. The molecule has 4 aromatic carbocycles. The summed E-state index contributed by atoms with van der Waals surface area (Å²) in [6.45, 7) is -1.85. The zero-order valence-corrected chi connectivity index (χ0v) is 19.8. The molecule has 0 N–H and O–H groups in total. The second-order valence-electron chi connectivity index (χ2n) is 6.17. The molecule has 4 aromatic rings. The van der Waals surface area contributed by atoms with Crippen LogP contribution in [0.2, 0.25) is 0 Å². The van der Waals surface area contributed by atoms with Gasteiger partial charge in [0, 0.05) is 0 Å². The second kappa shape index (κ2) is 9.75. The Bertz CT molecular complexity index is 865. The molecule has 0 nitrogen and oxygen atoms in total. The average Bonchev–Trinajstić information content (AvgIpc) is 2.77. The Morgan fingerprint density at radius 2 is 0.586 bits per heavy atom. The quantitative estimate of drug-likeness (QED) is 0.209. The maximum atomic E-state index is 7.52. The van der Waals surface area contributed by atoms with Gasteiger partial charge in [-0.15, -0.1) is 0 Å². The summed E-state index contributed by atoms with van der Waals surface area (Å²) in [5.74, 6) is 0. The topological polar surface area (TPSA) is 0 Å². The molecule has 0 bridgehead atoms. The number of hydrogen-bond donors (Lipinski definition) is 0. The molecule has 0 aliphatic heterocycles. The first-order chi connectivity index (χ1) is 14.2. The zero-order valence-electron chi connectivity index (χ0n) is 15.5. The van der Waals surface area contributed by atoms with Crippen molar-refractivity contribution in [1.82, 2.24) is 0 Å². The predicted molar refractivity (Wildman–Crippen MR) is 130 cm³/mol. The number of hydrogen-bond acceptors (Lipinski definition) is 0. The summed E-state index contributed by atoms with van der Waals surface area (Å²) in [5, 5.41) is 4.88. The molecule has 0 saturated carbocycles. The molecule has 0 saturated heterocycles. The second-order valence-corrected chi connectivity index (χ2v) is 23.5. The molecular formula is C24H20Cl2NiP2. The molecule has 0 radical (unpaired) electrons. The van der Waals surface area contributed by atoms with Crippen molar-refractivity contribution in [2.24, 2.45) is 0 Å². The third-order valence-electron chi connectivity index (χ3n) is 4.21. The molecule has 0 amide bonds. The summed E-state index contributed by atoms with van der Waals surface area (Å²) in [5.41, 5.74) is 0. The van der Waals surface area contributed by atoms with E-state index in [-0.39, 0.29) is 0 Å². The van der Waals surface area contributed by atoms with Crippen molar-refractivity contribution in [3.8, 4) is 0 Å². The number of halogens is 2. The van der Waals surface area contributed by atoms with Crippen LogP contribution in [0.25, 0.3) is 0 Å². The average molecular weight is 500 g/mol. The number of benzene rings is 4. The zero-order chi connectivity index (χ0) is 20.1. The normalized spacial score (nSPS) is 12.3. The standard InChI is InChI=1S/2C12H10P.2ClH.Ni/c2*1-3-7-11(8-4-1)13-12-9-5-2-6-10-12;;;/h2*1-10H;2*1H;/q2*-1;;;+4/p-2. The molecule has 4 rings (SSSR count). The fraction of sp³-hybridized carbons (Fsp3) is 0. The Kier molecular flexibility index (Phi) is 7.08. The van der Waals surface area contributed by atoms with Gasteiger partial charge in [-0.2, -0.15) is 0 Å². The van der Waals surface area contributed by atoms with Crippen LogP contribution in [0.5, 0.6) is 0 Å². The van der Waals surface area contributed by atoms with Crippen LogP contribution >= 0.6 is 33.8 Å². The van der Waals surface area contributed by atoms with Gasteiger partial charge in [0.05, 0.1) is 0 Å². The van der Waals surface area contributed by atoms with Gasteiger partial charge in [0.1, 0.15) is 0 Å². The molecule has 0 fully saturated rings. The monoisotopic (exact) mass is 498 g/mol. The molecular weight excluding hydrogens is 480 g/mol. The van der Waals surface area contributed by atoms with Crippen LogP contribution in [0.1, 0.15) is 0 Å². The van der Waals surface area contributed by atoms with Gasteiger partial charge in [0.15, 0.2) is 0 Å². The van der Waals surface area contributed by atoms with E-state index in [4.69, 9.17) is 20.4 Å². The van der Waals surface area contributed by atoms with Crippen molar-refractivity contribution in [2.75, 3.05) is 0 Å². The molecule has 150 valence electrons. The van der Waals surface area contributed by atoms with Crippen LogP contribution in [0.4, 0.5) is 0 Å². The molecule has 0 aliphatic rings. The fourth-order valence-corrected chi connectivity index (χ4v) is 23.5. The third kappa shape index (κ3) is 4.77. The van der Waals surface area contributed by atoms with Crippen LogP contribution in [0, 0.1) is 0 Å². The first-order valence-electron chi connectivity index (χ1n) is 9.06. The van der Waals surface area contributed by atoms with Gasteiger partial charge in [-0.1, -0.05) is 0 Å². The summed E-state index contributed by atoms with van der Waals surface area (Å²) in [6.07, 6.45) is 0. The summed E-state index contributed by atoms with van der Waals surface area (Å²) in [6, 6.07) is 42.1. The minimum atomic E-state index is -2.24. The van der Waals surface area contributed by atoms with Crippen molar-refractivity contribution in [2.45, 2.75) is 0 Å². The van der Waals surface area contributed by atoms with E-state index in [1.165, 1.54) is 21.2 Å². The van der Waals surface area contributed by atoms with Gasteiger partial charge in [0.25, 0.3) is 0 Å². The van der Waals surface area contributed by atoms with Crippen LogP contribution < -0.4 is 21.2 Å². The van der Waals surface area contributed by atoms with Crippen molar-refractivity contribution < 1.29 is 9.74 Å². The Morgan fingerprint density at radius 3 is 0.793 bits per heavy atom. The van der Waals surface area contributed by atoms with Crippen molar-refractivity contribution >= 4 is 55.0 Å². The van der Waals surface area contributed by atoms with Crippen molar-refractivity contribution in [3.05, 3.63) is 121 Å². The fourth-order valence-electron chi connectivity index (χ4n) is 2.95. The SMILES string of the molecule is [Cl][Ni]([Cl])([P](c1ccccc1)c1ccccc1)[P](c1ccccc1)c1ccccc1. The van der Waals surface area contributed by atoms with E-state index < -0.39 is 23.1 Å². The molecule has 29 heavy (non-hydrogen) atoms. The van der Waals surface area contributed by atoms with Crippen LogP contribution in [0.15, 0.2) is 121 Å². The number of rotatable bonds is 6. The molecule has 0 atom stereocenters. The van der Waals surface area contributed by atoms with E-state index in [0.717, 1.165) is 0 Å². The minimum absolute atomic E-state index is 0.927. The molecule has 0 aliphatic carbocycles. The van der Waals surface area contributed by atoms with Gasteiger partial charge < -0.3 is 0 Å². The van der Waals surface area contributed by atoms with Gasteiger partial charge >= 0.3 is 186 Å². The van der Waals surface area contributed by atoms with Crippen molar-refractivity contribution in [1.29, 1.82) is 0 Å². The maximum absolute atomic E-state index is 7.52. The van der Waals surface area contributed by atoms with Crippen LogP contribution in [0.3, 0.4) is 0 Å². The van der Waals surface area contributed by atoms with Crippen molar-refractivity contribution in [3.63, 3.8) is 0 Å². The first kappa shape index (κ1) is 21.1. The van der Waals surface area contributed by atoms with E-state index >= 15 is 0 Å². The summed E-state index contributed by atoms with van der Waals surface area (Å²) in [7, 11) is 12.8. The molecule has 0 unspecified atom stereocenters. The predicted octanol–water partition coefficient (Wildman–Crippen LogP) is 6.54. The summed E-state index contributed by atoms with van der Waals surface area (Å²) in [4.78, 5) is 0. The van der Waals surface area contributed by atoms with Crippen LogP contribution in [-0.2, 0) is 9.74 Å². The Labute approximate surface area is 185 Å². The Morgan fingerprint density at radius 1 is 0.379 bits per heavy atom. The van der Waals surface area contributed by atoms with E-state index in [1.807, 2.05) is 24.3 Å². The third-order valence-corrected chi connectivity index (χ3v) is 22.4. The van der Waals surface area contributed by atoms with Gasteiger partial charge in [0.2, 0.25) is 0 Å². The van der Waals surface area contributed by atoms with Crippen LogP contribution in [-0.4, -0.2) is 0 Å². The van der Waals surface area contributed by atoms with Gasteiger partial charge in [-0.05, 0) is 0 Å². The molecule has 0 aromatic heterocycles. The van der Waals surface area contributed by atoms with Gasteiger partial charge in [-0.3, -0.25) is 0 Å². The summed E-state index contributed by atoms with van der Waals surface area (Å²) >= 11 is 0. The Hall–Kier alpha value is -1.19. The van der Waals surface area contributed by atoms with Gasteiger partial charge in [-0.25, -0.2) is 0 Å². The van der Waals surface area contributed by atoms with E-state index in [9.17, 15) is 0 Å². The van der Waals surface area contributed by atoms with E-state index in [0.29, 0.717) is 0 Å².